The minimum Gasteiger partial charge on any atom is -0.493 e. The Balaban J connectivity index is 1.85. The molecule has 0 aliphatic carbocycles. The van der Waals surface area contributed by atoms with Crippen LogP contribution in [0.15, 0.2) is 42.5 Å². The minimum absolute atomic E-state index is 0.121. The Labute approximate surface area is 170 Å². The molecule has 0 unspecified atom stereocenters. The fourth-order valence-electron chi connectivity index (χ4n) is 2.54. The Bertz CT molecular complexity index is 839. The molecule has 0 radical (unpaired) electrons. The molecule has 0 saturated carbocycles. The van der Waals surface area contributed by atoms with Crippen molar-refractivity contribution in [1.82, 2.24) is 10.9 Å². The number of aryl methyl sites for hydroxylation is 1. The van der Waals surface area contributed by atoms with Crippen molar-refractivity contribution in [2.24, 2.45) is 5.92 Å². The van der Waals surface area contributed by atoms with Crippen molar-refractivity contribution in [3.8, 4) is 11.5 Å². The lowest BCUT2D eigenvalue weighted by Crippen LogP contribution is -2.41. The first-order valence-electron chi connectivity index (χ1n) is 9.53. The van der Waals surface area contributed by atoms with Gasteiger partial charge in [0.1, 0.15) is 5.82 Å². The van der Waals surface area contributed by atoms with Gasteiger partial charge in [0.2, 0.25) is 5.91 Å². The Morgan fingerprint density at radius 2 is 1.86 bits per heavy atom. The molecular formula is C22H27FN2O4. The molecule has 2 rings (SSSR count). The van der Waals surface area contributed by atoms with Gasteiger partial charge in [-0.3, -0.25) is 20.4 Å². The molecule has 2 N–H and O–H groups in total. The number of rotatable bonds is 9. The van der Waals surface area contributed by atoms with Crippen LogP contribution in [0, 0.1) is 11.7 Å². The van der Waals surface area contributed by atoms with Crippen molar-refractivity contribution >= 4 is 11.8 Å². The lowest BCUT2D eigenvalue weighted by atomic mass is 10.1. The summed E-state index contributed by atoms with van der Waals surface area (Å²) in [6.07, 6.45) is 1.40. The molecule has 0 fully saturated rings. The predicted octanol–water partition coefficient (Wildman–Crippen LogP) is 3.65. The summed E-state index contributed by atoms with van der Waals surface area (Å²) >= 11 is 0. The molecule has 0 bridgehead atoms. The fraction of sp³-hybridized carbons (Fsp3) is 0.364. The molecule has 2 amide bonds. The predicted molar refractivity (Wildman–Crippen MR) is 108 cm³/mol. The maximum absolute atomic E-state index is 13.2. The van der Waals surface area contributed by atoms with Gasteiger partial charge in [-0.15, -0.1) is 0 Å². The van der Waals surface area contributed by atoms with Gasteiger partial charge < -0.3 is 9.47 Å². The summed E-state index contributed by atoms with van der Waals surface area (Å²) in [5, 5.41) is 0. The quantitative estimate of drug-likeness (QED) is 0.628. The molecule has 7 heteroatoms. The largest absolute Gasteiger partial charge is 0.493 e. The third-order valence-electron chi connectivity index (χ3n) is 4.22. The van der Waals surface area contributed by atoms with Crippen LogP contribution in [0.2, 0.25) is 0 Å². The minimum atomic E-state index is -0.476. The lowest BCUT2D eigenvalue weighted by Gasteiger charge is -2.13. The van der Waals surface area contributed by atoms with Crippen LogP contribution in [0.25, 0.3) is 0 Å². The number of methoxy groups -OCH3 is 1. The summed E-state index contributed by atoms with van der Waals surface area (Å²) in [6.45, 7) is 4.78. The number of ether oxygens (including phenoxy) is 2. The second-order valence-corrected chi connectivity index (χ2v) is 7.03. The topological polar surface area (TPSA) is 76.7 Å². The van der Waals surface area contributed by atoms with E-state index in [1.807, 2.05) is 0 Å². The number of hydrazine groups is 1. The Hall–Kier alpha value is -3.09. The number of nitrogens with one attached hydrogen (secondary N) is 2. The third kappa shape index (κ3) is 7.44. The Morgan fingerprint density at radius 1 is 1.07 bits per heavy atom. The summed E-state index contributed by atoms with van der Waals surface area (Å²) in [4.78, 5) is 24.2. The number of amides is 2. The zero-order valence-corrected chi connectivity index (χ0v) is 17.0. The molecule has 0 aromatic heterocycles. The number of hydrogen-bond donors (Lipinski definition) is 2. The second kappa shape index (κ2) is 11.0. The van der Waals surface area contributed by atoms with Gasteiger partial charge in [0.05, 0.1) is 13.7 Å². The maximum atomic E-state index is 13.2. The van der Waals surface area contributed by atoms with Gasteiger partial charge in [-0.1, -0.05) is 26.0 Å². The average molecular weight is 402 g/mol. The van der Waals surface area contributed by atoms with Gasteiger partial charge in [0, 0.05) is 12.0 Å². The lowest BCUT2D eigenvalue weighted by molar-refractivity contribution is -0.121. The molecule has 156 valence electrons. The van der Waals surface area contributed by atoms with Crippen molar-refractivity contribution in [3.05, 3.63) is 59.4 Å². The summed E-state index contributed by atoms with van der Waals surface area (Å²) in [5.41, 5.74) is 5.76. The number of benzene rings is 2. The van der Waals surface area contributed by atoms with Crippen LogP contribution in [0.4, 0.5) is 4.39 Å². The van der Waals surface area contributed by atoms with Gasteiger partial charge in [-0.2, -0.15) is 0 Å². The summed E-state index contributed by atoms with van der Waals surface area (Å²) in [6, 6.07) is 10.9. The van der Waals surface area contributed by atoms with Gasteiger partial charge in [-0.05, 0) is 54.7 Å². The molecule has 29 heavy (non-hydrogen) atoms. The molecule has 2 aromatic rings. The van der Waals surface area contributed by atoms with Gasteiger partial charge in [-0.25, -0.2) is 4.39 Å². The Kier molecular flexibility index (Phi) is 8.45. The standard InChI is InChI=1S/C22H27FN2O4/c1-15(2)11-12-29-19-9-8-17(14-20(19)28-3)22(27)25-24-21(26)10-7-16-5-4-6-18(23)13-16/h4-6,8-9,13-15H,7,10-12H2,1-3H3,(H,24,26)(H,25,27). The highest BCUT2D eigenvalue weighted by Gasteiger charge is 2.12. The number of carbonyl (C=O) groups excluding carboxylic acids is 2. The molecule has 0 aliphatic rings. The maximum Gasteiger partial charge on any atom is 0.269 e. The van der Waals surface area contributed by atoms with E-state index in [-0.39, 0.29) is 18.1 Å². The summed E-state index contributed by atoms with van der Waals surface area (Å²) in [7, 11) is 1.50. The fourth-order valence-corrected chi connectivity index (χ4v) is 2.54. The van der Waals surface area contributed by atoms with Crippen LogP contribution >= 0.6 is 0 Å². The first kappa shape index (κ1) is 22.2. The Morgan fingerprint density at radius 3 is 2.55 bits per heavy atom. The van der Waals surface area contributed by atoms with Gasteiger partial charge >= 0.3 is 0 Å². The third-order valence-corrected chi connectivity index (χ3v) is 4.22. The molecule has 0 heterocycles. The van der Waals surface area contributed by atoms with Crippen LogP contribution < -0.4 is 20.3 Å². The van der Waals surface area contributed by atoms with E-state index in [1.165, 1.54) is 19.2 Å². The van der Waals surface area contributed by atoms with Crippen LogP contribution in [0.5, 0.6) is 11.5 Å². The first-order chi connectivity index (χ1) is 13.9. The smallest absolute Gasteiger partial charge is 0.269 e. The van der Waals surface area contributed by atoms with Gasteiger partial charge in [0.15, 0.2) is 11.5 Å². The van der Waals surface area contributed by atoms with E-state index in [4.69, 9.17) is 9.47 Å². The van der Waals surface area contributed by atoms with E-state index >= 15 is 0 Å². The molecule has 2 aromatic carbocycles. The van der Waals surface area contributed by atoms with E-state index in [0.717, 1.165) is 6.42 Å². The molecule has 0 aliphatic heterocycles. The van der Waals surface area contributed by atoms with Crippen LogP contribution in [-0.4, -0.2) is 25.5 Å². The molecular weight excluding hydrogens is 375 g/mol. The molecule has 0 spiro atoms. The number of halogens is 1. The van der Waals surface area contributed by atoms with Crippen molar-refractivity contribution in [2.75, 3.05) is 13.7 Å². The van der Waals surface area contributed by atoms with Crippen LogP contribution in [0.3, 0.4) is 0 Å². The average Bonchev–Trinajstić information content (AvgIpc) is 2.70. The van der Waals surface area contributed by atoms with Crippen molar-refractivity contribution in [1.29, 1.82) is 0 Å². The number of hydrogen-bond acceptors (Lipinski definition) is 4. The van der Waals surface area contributed by atoms with Crippen LogP contribution in [-0.2, 0) is 11.2 Å². The van der Waals surface area contributed by atoms with Crippen molar-refractivity contribution in [2.45, 2.75) is 33.1 Å². The van der Waals surface area contributed by atoms with E-state index in [9.17, 15) is 14.0 Å². The highest BCUT2D eigenvalue weighted by atomic mass is 19.1. The highest BCUT2D eigenvalue weighted by molar-refractivity contribution is 5.96. The zero-order chi connectivity index (χ0) is 21.2. The van der Waals surface area contributed by atoms with Crippen LogP contribution in [0.1, 0.15) is 42.6 Å². The SMILES string of the molecule is COc1cc(C(=O)NNC(=O)CCc2cccc(F)c2)ccc1OCCC(C)C. The van der Waals surface area contributed by atoms with E-state index in [0.29, 0.717) is 41.6 Å². The normalized spacial score (nSPS) is 10.5. The molecule has 0 saturated heterocycles. The number of carbonyl (C=O) groups is 2. The molecule has 0 atom stereocenters. The van der Waals surface area contributed by atoms with Crippen molar-refractivity contribution in [3.63, 3.8) is 0 Å². The highest BCUT2D eigenvalue weighted by Crippen LogP contribution is 2.28. The molecule has 6 nitrogen and oxygen atoms in total. The van der Waals surface area contributed by atoms with Crippen molar-refractivity contribution < 1.29 is 23.5 Å². The monoisotopic (exact) mass is 402 g/mol. The second-order valence-electron chi connectivity index (χ2n) is 7.03. The summed E-state index contributed by atoms with van der Waals surface area (Å²) < 4.78 is 24.1. The zero-order valence-electron chi connectivity index (χ0n) is 17.0. The van der Waals surface area contributed by atoms with E-state index < -0.39 is 5.91 Å². The summed E-state index contributed by atoms with van der Waals surface area (Å²) in [5.74, 6) is 0.333. The van der Waals surface area contributed by atoms with E-state index in [2.05, 4.69) is 24.7 Å². The first-order valence-corrected chi connectivity index (χ1v) is 9.53. The van der Waals surface area contributed by atoms with E-state index in [1.54, 1.807) is 30.3 Å². The van der Waals surface area contributed by atoms with Gasteiger partial charge in [0.25, 0.3) is 5.91 Å².